The molecule has 162 valence electrons. The minimum atomic E-state index is -4.44. The van der Waals surface area contributed by atoms with E-state index in [0.29, 0.717) is 30.0 Å². The first-order valence-electron chi connectivity index (χ1n) is 9.60. The number of hydrogen-bond donors (Lipinski definition) is 1. The van der Waals surface area contributed by atoms with Gasteiger partial charge in [-0.05, 0) is 54.8 Å². The summed E-state index contributed by atoms with van der Waals surface area (Å²) in [5.41, 5.74) is 0.472. The second-order valence-corrected chi connectivity index (χ2v) is 8.03. The van der Waals surface area contributed by atoms with Crippen molar-refractivity contribution in [1.82, 2.24) is 5.01 Å². The van der Waals surface area contributed by atoms with Gasteiger partial charge in [0.15, 0.2) is 0 Å². The van der Waals surface area contributed by atoms with Crippen molar-refractivity contribution in [2.24, 2.45) is 10.5 Å². The Morgan fingerprint density at radius 2 is 1.87 bits per heavy atom. The summed E-state index contributed by atoms with van der Waals surface area (Å²) in [7, 11) is 0. The molecule has 0 spiro atoms. The van der Waals surface area contributed by atoms with Crippen LogP contribution in [-0.2, 0) is 6.18 Å². The highest BCUT2D eigenvalue weighted by Crippen LogP contribution is 2.36. The molecule has 0 fully saturated rings. The number of benzene rings is 2. The Hall–Kier alpha value is -3.05. The van der Waals surface area contributed by atoms with Gasteiger partial charge in [-0.15, -0.1) is 0 Å². The number of nitrogens with one attached hydrogen (secondary N) is 1. The van der Waals surface area contributed by atoms with E-state index in [4.69, 9.17) is 16.9 Å². The highest BCUT2D eigenvalue weighted by molar-refractivity contribution is 6.30. The Morgan fingerprint density at radius 1 is 1.23 bits per heavy atom. The summed E-state index contributed by atoms with van der Waals surface area (Å²) < 4.78 is 38.2. The fourth-order valence-corrected chi connectivity index (χ4v) is 3.62. The molecule has 0 saturated heterocycles. The van der Waals surface area contributed by atoms with Crippen LogP contribution in [-0.4, -0.2) is 23.3 Å². The van der Waals surface area contributed by atoms with Crippen LogP contribution in [0.4, 0.5) is 23.7 Å². The second-order valence-electron chi connectivity index (χ2n) is 7.59. The van der Waals surface area contributed by atoms with Crippen LogP contribution < -0.4 is 5.32 Å². The lowest BCUT2D eigenvalue weighted by Crippen LogP contribution is -2.35. The zero-order chi connectivity index (χ0) is 22.6. The summed E-state index contributed by atoms with van der Waals surface area (Å²) in [6, 6.07) is 12.9. The first kappa shape index (κ1) is 22.6. The number of unbranched alkanes of at least 4 members (excludes halogenated alkanes) is 1. The van der Waals surface area contributed by atoms with E-state index in [9.17, 15) is 18.0 Å². The van der Waals surface area contributed by atoms with Crippen LogP contribution in [0.15, 0.2) is 53.6 Å². The zero-order valence-corrected chi connectivity index (χ0v) is 17.5. The lowest BCUT2D eigenvalue weighted by Gasteiger charge is -2.26. The van der Waals surface area contributed by atoms with Crippen LogP contribution in [0.5, 0.6) is 0 Å². The maximum absolute atomic E-state index is 12.8. The third-order valence-electron chi connectivity index (χ3n) is 5.12. The van der Waals surface area contributed by atoms with E-state index in [1.807, 2.05) is 19.1 Å². The molecule has 1 aliphatic rings. The van der Waals surface area contributed by atoms with Gasteiger partial charge in [-0.25, -0.2) is 9.80 Å². The maximum Gasteiger partial charge on any atom is 0.416 e. The minimum absolute atomic E-state index is 0.235. The van der Waals surface area contributed by atoms with Gasteiger partial charge >= 0.3 is 12.2 Å². The fourth-order valence-electron chi connectivity index (χ4n) is 3.50. The molecule has 2 aromatic carbocycles. The monoisotopic (exact) mass is 448 g/mol. The van der Waals surface area contributed by atoms with Crippen LogP contribution >= 0.6 is 11.6 Å². The Balaban J connectivity index is 1.81. The van der Waals surface area contributed by atoms with Crippen molar-refractivity contribution in [2.75, 3.05) is 11.9 Å². The van der Waals surface area contributed by atoms with Crippen molar-refractivity contribution >= 4 is 29.0 Å². The Morgan fingerprint density at radius 3 is 2.45 bits per heavy atom. The van der Waals surface area contributed by atoms with Gasteiger partial charge < -0.3 is 5.32 Å². The Labute approximate surface area is 183 Å². The molecule has 1 N–H and O–H groups in total. The minimum Gasteiger partial charge on any atom is -0.306 e. The molecular formula is C22H20ClF3N4O. The van der Waals surface area contributed by atoms with Gasteiger partial charge in [-0.2, -0.15) is 23.5 Å². The van der Waals surface area contributed by atoms with E-state index >= 15 is 0 Å². The number of carbonyl (C=O) groups excluding carboxylic acids is 1. The number of hydrogen-bond acceptors (Lipinski definition) is 3. The summed E-state index contributed by atoms with van der Waals surface area (Å²) >= 11 is 5.98. The number of hydrazone groups is 1. The molecule has 1 atom stereocenters. The molecule has 0 radical (unpaired) electrons. The molecule has 2 amide bonds. The van der Waals surface area contributed by atoms with Gasteiger partial charge in [-0.1, -0.05) is 30.7 Å². The molecule has 0 bridgehead atoms. The maximum atomic E-state index is 12.8. The first-order valence-corrected chi connectivity index (χ1v) is 9.98. The number of rotatable bonds is 5. The quantitative estimate of drug-likeness (QED) is 0.544. The number of alkyl halides is 3. The standard InChI is InChI=1S/C22H20ClF3N4O/c1-21(12-2-3-13-27)14-30(29-19(21)15-4-8-17(23)9-5-15)20(31)28-18-10-6-16(7-11-18)22(24,25)26/h4-11H,2-3,12,14H2,1H3,(H,28,31). The van der Waals surface area contributed by atoms with Gasteiger partial charge in [0.25, 0.3) is 0 Å². The number of carbonyl (C=O) groups is 1. The van der Waals surface area contributed by atoms with E-state index < -0.39 is 23.2 Å². The van der Waals surface area contributed by atoms with Gasteiger partial charge in [0.05, 0.1) is 23.9 Å². The van der Waals surface area contributed by atoms with Crippen LogP contribution in [0.1, 0.15) is 37.3 Å². The zero-order valence-electron chi connectivity index (χ0n) is 16.7. The third-order valence-corrected chi connectivity index (χ3v) is 5.38. The molecule has 1 aliphatic heterocycles. The van der Waals surface area contributed by atoms with Crippen molar-refractivity contribution in [1.29, 1.82) is 5.26 Å². The number of halogens is 4. The summed E-state index contributed by atoms with van der Waals surface area (Å²) in [5, 5.41) is 17.8. The molecule has 1 unspecified atom stereocenters. The third kappa shape index (κ3) is 5.36. The molecule has 1 heterocycles. The number of anilines is 1. The molecule has 0 aromatic heterocycles. The van der Waals surface area contributed by atoms with Gasteiger partial charge in [0, 0.05) is 22.5 Å². The Bertz CT molecular complexity index is 1010. The number of amides is 2. The predicted octanol–water partition coefficient (Wildman–Crippen LogP) is 6.31. The number of nitrogens with zero attached hydrogens (tertiary/aromatic N) is 3. The van der Waals surface area contributed by atoms with Crippen molar-refractivity contribution in [3.63, 3.8) is 0 Å². The molecule has 5 nitrogen and oxygen atoms in total. The number of nitriles is 1. The van der Waals surface area contributed by atoms with Crippen molar-refractivity contribution in [3.8, 4) is 6.07 Å². The topological polar surface area (TPSA) is 68.5 Å². The van der Waals surface area contributed by atoms with Gasteiger partial charge in [-0.3, -0.25) is 0 Å². The van der Waals surface area contributed by atoms with E-state index in [2.05, 4.69) is 16.5 Å². The molecule has 0 aliphatic carbocycles. The fraction of sp³-hybridized carbons (Fsp3) is 0.318. The number of urea groups is 1. The van der Waals surface area contributed by atoms with Gasteiger partial charge in [0.1, 0.15) is 0 Å². The van der Waals surface area contributed by atoms with Crippen molar-refractivity contribution in [2.45, 2.75) is 32.4 Å². The van der Waals surface area contributed by atoms with E-state index in [-0.39, 0.29) is 12.2 Å². The van der Waals surface area contributed by atoms with E-state index in [1.165, 1.54) is 17.1 Å². The lowest BCUT2D eigenvalue weighted by molar-refractivity contribution is -0.137. The molecular weight excluding hydrogens is 429 g/mol. The first-order chi connectivity index (χ1) is 14.6. The highest BCUT2D eigenvalue weighted by Gasteiger charge is 2.41. The molecule has 9 heteroatoms. The van der Waals surface area contributed by atoms with Crippen molar-refractivity contribution < 1.29 is 18.0 Å². The van der Waals surface area contributed by atoms with Crippen LogP contribution in [0.3, 0.4) is 0 Å². The SMILES string of the molecule is CC1(CCCC#N)CN(C(=O)Nc2ccc(C(F)(F)F)cc2)N=C1c1ccc(Cl)cc1. The normalized spacial score (nSPS) is 18.5. The average Bonchev–Trinajstić information content (AvgIpc) is 3.06. The summed E-state index contributed by atoms with van der Waals surface area (Å²) in [6.45, 7) is 2.26. The Kier molecular flexibility index (Phi) is 6.56. The molecule has 3 rings (SSSR count). The average molecular weight is 449 g/mol. The summed E-state index contributed by atoms with van der Waals surface area (Å²) in [5.74, 6) is 0. The molecule has 0 saturated carbocycles. The largest absolute Gasteiger partial charge is 0.416 e. The van der Waals surface area contributed by atoms with Crippen LogP contribution in [0.2, 0.25) is 5.02 Å². The molecule has 2 aromatic rings. The highest BCUT2D eigenvalue weighted by atomic mass is 35.5. The second kappa shape index (κ2) is 8.98. The van der Waals surface area contributed by atoms with Crippen LogP contribution in [0, 0.1) is 16.7 Å². The van der Waals surface area contributed by atoms with E-state index in [0.717, 1.165) is 17.7 Å². The predicted molar refractivity (Wildman–Crippen MR) is 113 cm³/mol. The summed E-state index contributed by atoms with van der Waals surface area (Å²) in [4.78, 5) is 12.8. The van der Waals surface area contributed by atoms with Crippen molar-refractivity contribution in [3.05, 3.63) is 64.7 Å². The van der Waals surface area contributed by atoms with E-state index in [1.54, 1.807) is 12.1 Å². The van der Waals surface area contributed by atoms with Gasteiger partial charge in [0.2, 0.25) is 0 Å². The molecule has 31 heavy (non-hydrogen) atoms. The summed E-state index contributed by atoms with van der Waals surface area (Å²) in [6.07, 6.45) is -2.76. The smallest absolute Gasteiger partial charge is 0.306 e. The lowest BCUT2D eigenvalue weighted by atomic mass is 9.78. The van der Waals surface area contributed by atoms with Crippen LogP contribution in [0.25, 0.3) is 0 Å².